The first-order valence-corrected chi connectivity index (χ1v) is 11.1. The summed E-state index contributed by atoms with van der Waals surface area (Å²) in [7, 11) is 1.36. The Bertz CT molecular complexity index is 1630. The van der Waals surface area contributed by atoms with E-state index in [0.717, 1.165) is 28.1 Å². The fourth-order valence-electron chi connectivity index (χ4n) is 4.21. The van der Waals surface area contributed by atoms with Crippen molar-refractivity contribution in [2.75, 3.05) is 12.4 Å². The minimum Gasteiger partial charge on any atom is -0.465 e. The van der Waals surface area contributed by atoms with Gasteiger partial charge in [-0.25, -0.2) is 9.48 Å². The van der Waals surface area contributed by atoms with Crippen LogP contribution in [0.3, 0.4) is 0 Å². The number of aromatic nitrogens is 4. The molecule has 0 bridgehead atoms. The number of hydrogen-bond acceptors (Lipinski definition) is 6. The van der Waals surface area contributed by atoms with Crippen molar-refractivity contribution in [3.8, 4) is 16.8 Å². The van der Waals surface area contributed by atoms with Gasteiger partial charge in [0.15, 0.2) is 0 Å². The number of benzene rings is 3. The number of carbonyl (C=O) groups excluding carboxylic acids is 1. The van der Waals surface area contributed by atoms with Gasteiger partial charge in [0.05, 0.1) is 47.0 Å². The number of para-hydroxylation sites is 2. The highest BCUT2D eigenvalue weighted by molar-refractivity contribution is 5.97. The van der Waals surface area contributed by atoms with Gasteiger partial charge in [-0.2, -0.15) is 10.1 Å². The molecule has 5 aromatic rings. The molecular weight excluding hydrogens is 442 g/mol. The molecule has 2 N–H and O–H groups in total. The van der Waals surface area contributed by atoms with Crippen molar-refractivity contribution in [3.05, 3.63) is 100 Å². The zero-order chi connectivity index (χ0) is 24.5. The Morgan fingerprint density at radius 3 is 2.60 bits per heavy atom. The number of aromatic amines is 1. The number of esters is 1. The maximum atomic E-state index is 12.4. The summed E-state index contributed by atoms with van der Waals surface area (Å²) in [6.07, 6.45) is 1.39. The van der Waals surface area contributed by atoms with Crippen molar-refractivity contribution in [2.24, 2.45) is 0 Å². The van der Waals surface area contributed by atoms with Gasteiger partial charge in [-0.05, 0) is 55.3 Å². The molecule has 0 aliphatic rings. The van der Waals surface area contributed by atoms with E-state index >= 15 is 0 Å². The summed E-state index contributed by atoms with van der Waals surface area (Å²) in [6, 6.07) is 20.7. The van der Waals surface area contributed by atoms with Crippen LogP contribution in [0.4, 0.5) is 11.5 Å². The van der Waals surface area contributed by atoms with Crippen LogP contribution in [0.25, 0.3) is 27.7 Å². The SMILES string of the molecule is COC(=O)c1ccccc1Nc1c(-c2ccc3c(=O)nc[nH]c3c2)c(C)nn1-c1ccccc1C. The first-order chi connectivity index (χ1) is 17.0. The molecule has 0 aliphatic carbocycles. The van der Waals surface area contributed by atoms with E-state index in [1.807, 2.05) is 67.1 Å². The monoisotopic (exact) mass is 465 g/mol. The third-order valence-corrected chi connectivity index (χ3v) is 5.93. The number of ether oxygens (including phenoxy) is 1. The molecule has 5 rings (SSSR count). The summed E-state index contributed by atoms with van der Waals surface area (Å²) < 4.78 is 6.83. The van der Waals surface area contributed by atoms with E-state index in [1.165, 1.54) is 13.4 Å². The number of aryl methyl sites for hydroxylation is 2. The van der Waals surface area contributed by atoms with Gasteiger partial charge in [-0.15, -0.1) is 0 Å². The van der Waals surface area contributed by atoms with Crippen LogP contribution >= 0.6 is 0 Å². The standard InChI is InChI=1S/C27H23N5O3/c1-16-8-4-7-11-23(16)32-25(30-21-10-6-5-9-20(21)27(34)35-3)24(17(2)31-32)18-12-13-19-22(14-18)28-15-29-26(19)33/h4-15,30H,1-3H3,(H,28,29,33). The molecule has 0 unspecified atom stereocenters. The summed E-state index contributed by atoms with van der Waals surface area (Å²) in [5, 5.41) is 8.81. The number of nitrogens with one attached hydrogen (secondary N) is 2. The minimum atomic E-state index is -0.441. The van der Waals surface area contributed by atoms with Gasteiger partial charge in [0.1, 0.15) is 5.82 Å². The lowest BCUT2D eigenvalue weighted by Crippen LogP contribution is -2.09. The van der Waals surface area contributed by atoms with Crippen molar-refractivity contribution < 1.29 is 9.53 Å². The van der Waals surface area contributed by atoms with Crippen molar-refractivity contribution in [3.63, 3.8) is 0 Å². The minimum absolute atomic E-state index is 0.289. The average molecular weight is 466 g/mol. The average Bonchev–Trinajstić information content (AvgIpc) is 3.19. The molecule has 0 fully saturated rings. The molecule has 2 heterocycles. The molecule has 174 valence electrons. The number of nitrogens with zero attached hydrogens (tertiary/aromatic N) is 3. The van der Waals surface area contributed by atoms with Gasteiger partial charge in [0.2, 0.25) is 0 Å². The number of anilines is 2. The van der Waals surface area contributed by atoms with Gasteiger partial charge >= 0.3 is 5.97 Å². The molecule has 0 aliphatic heterocycles. The lowest BCUT2D eigenvalue weighted by molar-refractivity contribution is 0.0602. The van der Waals surface area contributed by atoms with E-state index in [0.29, 0.717) is 28.0 Å². The van der Waals surface area contributed by atoms with E-state index in [4.69, 9.17) is 9.84 Å². The lowest BCUT2D eigenvalue weighted by Gasteiger charge is -2.16. The Morgan fingerprint density at radius 2 is 1.80 bits per heavy atom. The molecule has 8 nitrogen and oxygen atoms in total. The van der Waals surface area contributed by atoms with E-state index in [9.17, 15) is 9.59 Å². The second kappa shape index (κ2) is 8.90. The number of carbonyl (C=O) groups is 1. The number of methoxy groups -OCH3 is 1. The molecular formula is C27H23N5O3. The topological polar surface area (TPSA) is 102 Å². The second-order valence-corrected chi connectivity index (χ2v) is 8.14. The number of hydrogen-bond donors (Lipinski definition) is 2. The number of fused-ring (bicyclic) bond motifs is 1. The van der Waals surface area contributed by atoms with Crippen LogP contribution in [0.15, 0.2) is 77.9 Å². The first-order valence-electron chi connectivity index (χ1n) is 11.1. The third kappa shape index (κ3) is 3.95. The Hall–Kier alpha value is -4.72. The van der Waals surface area contributed by atoms with Crippen LogP contribution in [-0.2, 0) is 4.74 Å². The summed E-state index contributed by atoms with van der Waals surface area (Å²) in [6.45, 7) is 3.95. The van der Waals surface area contributed by atoms with Crippen molar-refractivity contribution in [1.82, 2.24) is 19.7 Å². The summed E-state index contributed by atoms with van der Waals surface area (Å²) in [5.41, 5.74) is 5.80. The summed E-state index contributed by atoms with van der Waals surface area (Å²) in [5.74, 6) is 0.244. The van der Waals surface area contributed by atoms with E-state index in [-0.39, 0.29) is 5.56 Å². The van der Waals surface area contributed by atoms with Gasteiger partial charge in [0.25, 0.3) is 5.56 Å². The van der Waals surface area contributed by atoms with Crippen LogP contribution in [0.2, 0.25) is 0 Å². The van der Waals surface area contributed by atoms with Crippen molar-refractivity contribution in [2.45, 2.75) is 13.8 Å². The van der Waals surface area contributed by atoms with E-state index in [2.05, 4.69) is 15.3 Å². The van der Waals surface area contributed by atoms with Crippen LogP contribution in [0, 0.1) is 13.8 Å². The lowest BCUT2D eigenvalue weighted by atomic mass is 10.0. The molecule has 3 aromatic carbocycles. The molecule has 0 atom stereocenters. The molecule has 8 heteroatoms. The maximum Gasteiger partial charge on any atom is 0.339 e. The normalized spacial score (nSPS) is 10.9. The molecule has 0 spiro atoms. The zero-order valence-corrected chi connectivity index (χ0v) is 19.5. The summed E-state index contributed by atoms with van der Waals surface area (Å²) in [4.78, 5) is 31.5. The molecule has 0 saturated carbocycles. The van der Waals surface area contributed by atoms with Crippen LogP contribution in [0.5, 0.6) is 0 Å². The molecule has 0 amide bonds. The molecule has 35 heavy (non-hydrogen) atoms. The highest BCUT2D eigenvalue weighted by atomic mass is 16.5. The Morgan fingerprint density at radius 1 is 1.03 bits per heavy atom. The van der Waals surface area contributed by atoms with E-state index in [1.54, 1.807) is 18.2 Å². The highest BCUT2D eigenvalue weighted by Gasteiger charge is 2.22. The van der Waals surface area contributed by atoms with Gasteiger partial charge < -0.3 is 15.0 Å². The molecule has 0 saturated heterocycles. The van der Waals surface area contributed by atoms with Crippen molar-refractivity contribution in [1.29, 1.82) is 0 Å². The Balaban J connectivity index is 1.76. The predicted molar refractivity (Wildman–Crippen MR) is 135 cm³/mol. The van der Waals surface area contributed by atoms with E-state index < -0.39 is 5.97 Å². The Labute approximate surface area is 201 Å². The maximum absolute atomic E-state index is 12.4. The van der Waals surface area contributed by atoms with Crippen LogP contribution in [0.1, 0.15) is 21.6 Å². The van der Waals surface area contributed by atoms with Gasteiger partial charge in [-0.3, -0.25) is 4.79 Å². The smallest absolute Gasteiger partial charge is 0.339 e. The van der Waals surface area contributed by atoms with Gasteiger partial charge in [0, 0.05) is 5.56 Å². The third-order valence-electron chi connectivity index (χ3n) is 5.93. The summed E-state index contributed by atoms with van der Waals surface area (Å²) >= 11 is 0. The highest BCUT2D eigenvalue weighted by Crippen LogP contribution is 2.37. The quantitative estimate of drug-likeness (QED) is 0.357. The largest absolute Gasteiger partial charge is 0.465 e. The molecule has 0 radical (unpaired) electrons. The fourth-order valence-corrected chi connectivity index (χ4v) is 4.21. The van der Waals surface area contributed by atoms with Gasteiger partial charge in [-0.1, -0.05) is 36.4 Å². The second-order valence-electron chi connectivity index (χ2n) is 8.14. The predicted octanol–water partition coefficient (Wildman–Crippen LogP) is 4.92. The Kier molecular flexibility index (Phi) is 5.62. The first kappa shape index (κ1) is 22.1. The number of H-pyrrole nitrogens is 1. The fraction of sp³-hybridized carbons (Fsp3) is 0.111. The molecule has 2 aromatic heterocycles. The van der Waals surface area contributed by atoms with Crippen LogP contribution in [-0.4, -0.2) is 32.8 Å². The van der Waals surface area contributed by atoms with Crippen molar-refractivity contribution >= 4 is 28.4 Å². The number of rotatable bonds is 5. The van der Waals surface area contributed by atoms with Crippen LogP contribution < -0.4 is 10.9 Å². The zero-order valence-electron chi connectivity index (χ0n) is 19.5.